The van der Waals surface area contributed by atoms with Gasteiger partial charge in [0.15, 0.2) is 0 Å². The van der Waals surface area contributed by atoms with Crippen molar-refractivity contribution in [3.8, 4) is 0 Å². The van der Waals surface area contributed by atoms with E-state index >= 15 is 0 Å². The maximum Gasteiger partial charge on any atom is 0.300 e. The predicted octanol–water partition coefficient (Wildman–Crippen LogP) is 1.81. The molecule has 1 saturated carbocycles. The van der Waals surface area contributed by atoms with Crippen LogP contribution in [0.3, 0.4) is 0 Å². The Hall–Kier alpha value is -2.06. The van der Waals surface area contributed by atoms with Crippen LogP contribution >= 0.6 is 0 Å². The third kappa shape index (κ3) is 7.15. The molecule has 0 radical (unpaired) electrons. The van der Waals surface area contributed by atoms with Crippen LogP contribution in [-0.2, 0) is 20.9 Å². The van der Waals surface area contributed by atoms with E-state index in [4.69, 9.17) is 20.4 Å². The highest BCUT2D eigenvalue weighted by Crippen LogP contribution is 2.25. The smallest absolute Gasteiger partial charge is 0.300 e. The van der Waals surface area contributed by atoms with Crippen molar-refractivity contribution in [3.05, 3.63) is 35.4 Å². The van der Waals surface area contributed by atoms with Gasteiger partial charge in [-0.2, -0.15) is 0 Å². The molecule has 0 aromatic heterocycles. The summed E-state index contributed by atoms with van der Waals surface area (Å²) in [6, 6.07) is 3.26. The quantitative estimate of drug-likeness (QED) is 0.762. The van der Waals surface area contributed by atoms with Crippen molar-refractivity contribution >= 4 is 11.9 Å². The summed E-state index contributed by atoms with van der Waals surface area (Å²) >= 11 is 0. The summed E-state index contributed by atoms with van der Waals surface area (Å²) in [4.78, 5) is 21.1. The molecule has 140 valence electrons. The molecular formula is C17H24F2N2O4. The molecule has 0 heterocycles. The van der Waals surface area contributed by atoms with Gasteiger partial charge in [-0.1, -0.05) is 6.07 Å². The number of benzene rings is 1. The topological polar surface area (TPSA) is 102 Å². The lowest BCUT2D eigenvalue weighted by atomic mass is 9.83. The molecule has 0 unspecified atom stereocenters. The van der Waals surface area contributed by atoms with Gasteiger partial charge in [0.05, 0.1) is 6.10 Å². The molecule has 4 N–H and O–H groups in total. The molecule has 1 aliphatic rings. The van der Waals surface area contributed by atoms with E-state index in [2.05, 4.69) is 5.32 Å². The van der Waals surface area contributed by atoms with Gasteiger partial charge in [0.1, 0.15) is 11.6 Å². The summed E-state index contributed by atoms with van der Waals surface area (Å²) in [5.74, 6) is -2.45. The number of carbonyl (C=O) groups is 2. The number of rotatable bonds is 4. The Kier molecular flexibility index (Phi) is 8.44. The number of nitrogens with one attached hydrogen (secondary N) is 1. The van der Waals surface area contributed by atoms with E-state index in [1.165, 1.54) is 12.1 Å². The van der Waals surface area contributed by atoms with Crippen LogP contribution in [0.2, 0.25) is 0 Å². The number of amides is 1. The predicted molar refractivity (Wildman–Crippen MR) is 87.6 cm³/mol. The largest absolute Gasteiger partial charge is 0.481 e. The lowest BCUT2D eigenvalue weighted by Gasteiger charge is -2.32. The van der Waals surface area contributed by atoms with E-state index in [1.807, 2.05) is 0 Å². The van der Waals surface area contributed by atoms with Gasteiger partial charge >= 0.3 is 0 Å². The van der Waals surface area contributed by atoms with E-state index in [0.29, 0.717) is 12.8 Å². The number of carboxylic acids is 1. The molecule has 6 nitrogen and oxygen atoms in total. The van der Waals surface area contributed by atoms with Gasteiger partial charge < -0.3 is 20.9 Å². The first kappa shape index (κ1) is 21.0. The minimum absolute atomic E-state index is 0.0468. The van der Waals surface area contributed by atoms with Crippen molar-refractivity contribution in [2.45, 2.75) is 44.9 Å². The summed E-state index contributed by atoms with van der Waals surface area (Å²) in [7, 11) is 1.58. The number of nitrogens with two attached hydrogens (primary N) is 1. The lowest BCUT2D eigenvalue weighted by molar-refractivity contribution is -0.134. The second-order valence-electron chi connectivity index (χ2n) is 5.92. The lowest BCUT2D eigenvalue weighted by Crippen LogP contribution is -2.45. The van der Waals surface area contributed by atoms with Crippen LogP contribution in [0.25, 0.3) is 0 Å². The number of hydrogen-bond donors (Lipinski definition) is 3. The highest BCUT2D eigenvalue weighted by molar-refractivity contribution is 5.78. The SMILES string of the molecule is CC(=O)O.CO[C@@H]1C[C@@H](C(=O)NCc2ccc(F)cc2F)CC[C@H]1N. The van der Waals surface area contributed by atoms with Crippen LogP contribution in [0, 0.1) is 17.6 Å². The van der Waals surface area contributed by atoms with Crippen molar-refractivity contribution in [1.82, 2.24) is 5.32 Å². The number of methoxy groups -OCH3 is 1. The summed E-state index contributed by atoms with van der Waals surface area (Å²) in [6.07, 6.45) is 1.85. The molecule has 1 fully saturated rings. The summed E-state index contributed by atoms with van der Waals surface area (Å²) in [5, 5.41) is 10.1. The van der Waals surface area contributed by atoms with E-state index in [9.17, 15) is 13.6 Å². The van der Waals surface area contributed by atoms with E-state index in [0.717, 1.165) is 19.4 Å². The van der Waals surface area contributed by atoms with Crippen LogP contribution in [0.15, 0.2) is 18.2 Å². The molecule has 0 saturated heterocycles. The average molecular weight is 358 g/mol. The second kappa shape index (κ2) is 10.0. The fraction of sp³-hybridized carbons (Fsp3) is 0.529. The first-order valence-corrected chi connectivity index (χ1v) is 7.94. The zero-order valence-electron chi connectivity index (χ0n) is 14.3. The van der Waals surface area contributed by atoms with Crippen LogP contribution in [0.4, 0.5) is 8.78 Å². The van der Waals surface area contributed by atoms with Gasteiger partial charge in [0, 0.05) is 44.2 Å². The van der Waals surface area contributed by atoms with E-state index < -0.39 is 17.6 Å². The Balaban J connectivity index is 0.000000705. The monoisotopic (exact) mass is 358 g/mol. The average Bonchev–Trinajstić information content (AvgIpc) is 2.53. The molecule has 1 amide bonds. The maximum absolute atomic E-state index is 13.5. The van der Waals surface area contributed by atoms with Gasteiger partial charge in [-0.25, -0.2) is 8.78 Å². The zero-order chi connectivity index (χ0) is 19.0. The van der Waals surface area contributed by atoms with Crippen molar-refractivity contribution in [2.75, 3.05) is 7.11 Å². The molecular weight excluding hydrogens is 334 g/mol. The molecule has 1 aliphatic carbocycles. The van der Waals surface area contributed by atoms with Crippen LogP contribution in [0.1, 0.15) is 31.7 Å². The Morgan fingerprint density at radius 2 is 2.00 bits per heavy atom. The molecule has 0 spiro atoms. The number of ether oxygens (including phenoxy) is 1. The van der Waals surface area contributed by atoms with Crippen molar-refractivity contribution < 1.29 is 28.2 Å². The van der Waals surface area contributed by atoms with Gasteiger partial charge in [-0.3, -0.25) is 9.59 Å². The Morgan fingerprint density at radius 3 is 2.56 bits per heavy atom. The van der Waals surface area contributed by atoms with Gasteiger partial charge in [0.25, 0.3) is 5.97 Å². The molecule has 3 atom stereocenters. The van der Waals surface area contributed by atoms with Gasteiger partial charge in [0.2, 0.25) is 5.91 Å². The van der Waals surface area contributed by atoms with E-state index in [-0.39, 0.29) is 36.1 Å². The molecule has 1 aromatic carbocycles. The third-order valence-electron chi connectivity index (χ3n) is 3.98. The molecule has 2 rings (SSSR count). The third-order valence-corrected chi connectivity index (χ3v) is 3.98. The van der Waals surface area contributed by atoms with Crippen LogP contribution in [-0.4, -0.2) is 36.2 Å². The Labute approximate surface area is 145 Å². The van der Waals surface area contributed by atoms with Gasteiger partial charge in [-0.05, 0) is 25.3 Å². The van der Waals surface area contributed by atoms with Crippen molar-refractivity contribution in [3.63, 3.8) is 0 Å². The molecule has 8 heteroatoms. The number of aliphatic carboxylic acids is 1. The fourth-order valence-corrected chi connectivity index (χ4v) is 2.65. The molecule has 0 bridgehead atoms. The summed E-state index contributed by atoms with van der Waals surface area (Å²) in [6.45, 7) is 1.13. The van der Waals surface area contributed by atoms with Crippen LogP contribution in [0.5, 0.6) is 0 Å². The minimum Gasteiger partial charge on any atom is -0.481 e. The number of halogens is 2. The molecule has 0 aliphatic heterocycles. The Morgan fingerprint density at radius 1 is 1.36 bits per heavy atom. The fourth-order valence-electron chi connectivity index (χ4n) is 2.65. The first-order chi connectivity index (χ1) is 11.7. The normalized spacial score (nSPS) is 22.5. The number of carboxylic acid groups (broad SMARTS) is 1. The minimum atomic E-state index is -0.833. The second-order valence-corrected chi connectivity index (χ2v) is 5.92. The van der Waals surface area contributed by atoms with E-state index in [1.54, 1.807) is 7.11 Å². The highest BCUT2D eigenvalue weighted by atomic mass is 19.1. The highest BCUT2D eigenvalue weighted by Gasteiger charge is 2.31. The van der Waals surface area contributed by atoms with Crippen molar-refractivity contribution in [1.29, 1.82) is 0 Å². The zero-order valence-corrected chi connectivity index (χ0v) is 14.3. The number of carbonyl (C=O) groups excluding carboxylic acids is 1. The molecule has 25 heavy (non-hydrogen) atoms. The van der Waals surface area contributed by atoms with Gasteiger partial charge in [-0.15, -0.1) is 0 Å². The molecule has 1 aromatic rings. The summed E-state index contributed by atoms with van der Waals surface area (Å²) < 4.78 is 31.6. The number of hydrogen-bond acceptors (Lipinski definition) is 4. The van der Waals surface area contributed by atoms with Crippen LogP contribution < -0.4 is 11.1 Å². The maximum atomic E-state index is 13.5. The first-order valence-electron chi connectivity index (χ1n) is 7.94. The standard InChI is InChI=1S/C15H20F2N2O2.C2H4O2/c1-21-14-6-9(3-5-13(14)18)15(20)19-8-10-2-4-11(16)7-12(10)17;1-2(3)4/h2,4,7,9,13-14H,3,5-6,8,18H2,1H3,(H,19,20);1H3,(H,3,4)/t9-,13+,14+;/m0./s1. The summed E-state index contributed by atoms with van der Waals surface area (Å²) in [5.41, 5.74) is 6.17. The Bertz CT molecular complexity index is 594. The van der Waals surface area contributed by atoms with Crippen molar-refractivity contribution in [2.24, 2.45) is 11.7 Å².